The van der Waals surface area contributed by atoms with Crippen molar-refractivity contribution >= 4 is 51.4 Å². The smallest absolute Gasteiger partial charge is 0.410 e. The zero-order chi connectivity index (χ0) is 39.0. The summed E-state index contributed by atoms with van der Waals surface area (Å²) in [5.41, 5.74) is 1.60. The number of amides is 4. The lowest BCUT2D eigenvalue weighted by molar-refractivity contribution is -0.159. The van der Waals surface area contributed by atoms with Gasteiger partial charge in [-0.25, -0.2) is 17.6 Å². The minimum Gasteiger partial charge on any atom is -0.460 e. The molecule has 3 heterocycles. The summed E-state index contributed by atoms with van der Waals surface area (Å²) in [4.78, 5) is 71.6. The molecule has 0 bridgehead atoms. The average molecular weight is 791 g/mol. The van der Waals surface area contributed by atoms with Gasteiger partial charge in [-0.3, -0.25) is 23.9 Å². The fourth-order valence-corrected chi connectivity index (χ4v) is 9.09. The number of benzene rings is 1. The number of rotatable bonds is 6. The van der Waals surface area contributed by atoms with Crippen LogP contribution in [0.3, 0.4) is 0 Å². The molecule has 6 rings (SSSR count). The first kappa shape index (κ1) is 39.7. The quantitative estimate of drug-likeness (QED) is 0.313. The Bertz CT molecular complexity index is 1870. The van der Waals surface area contributed by atoms with Crippen molar-refractivity contribution in [1.29, 1.82) is 0 Å². The number of fused-ring (bicyclic) bond motifs is 3. The molecule has 0 aromatic heterocycles. The highest BCUT2D eigenvalue weighted by molar-refractivity contribution is 7.91. The van der Waals surface area contributed by atoms with Crippen LogP contribution in [0, 0.1) is 17.7 Å². The summed E-state index contributed by atoms with van der Waals surface area (Å²) < 4.78 is 53.7. The normalized spacial score (nSPS) is 27.6. The van der Waals surface area contributed by atoms with Crippen LogP contribution in [-0.4, -0.2) is 89.6 Å². The highest BCUT2D eigenvalue weighted by Crippen LogP contribution is 2.46. The van der Waals surface area contributed by atoms with Crippen LogP contribution in [0.4, 0.5) is 9.18 Å². The van der Waals surface area contributed by atoms with E-state index in [1.807, 2.05) is 6.08 Å². The number of hydrogen-bond donors (Lipinski definition) is 2. The number of nitrogens with zero attached hydrogens (tertiary/aromatic N) is 2. The minimum atomic E-state index is -3.94. The third-order valence-electron chi connectivity index (χ3n) is 10.6. The van der Waals surface area contributed by atoms with Gasteiger partial charge in [0.1, 0.15) is 29.1 Å². The van der Waals surface area contributed by atoms with E-state index < -0.39 is 86.0 Å². The Labute approximate surface area is 320 Å². The van der Waals surface area contributed by atoms with Crippen molar-refractivity contribution in [3.05, 3.63) is 52.0 Å². The molecule has 4 amide bonds. The maximum absolute atomic E-state index is 14.5. The fraction of sp³-hybridized carbons (Fsp3) is 0.632. The number of carbonyl (C=O) groups is 5. The van der Waals surface area contributed by atoms with Crippen molar-refractivity contribution in [1.82, 2.24) is 19.8 Å². The molecule has 1 saturated heterocycles. The highest BCUT2D eigenvalue weighted by Gasteiger charge is 2.62. The van der Waals surface area contributed by atoms with Gasteiger partial charge in [0.05, 0.1) is 24.8 Å². The van der Waals surface area contributed by atoms with Gasteiger partial charge in [-0.15, -0.1) is 5.73 Å². The van der Waals surface area contributed by atoms with Crippen LogP contribution in [-0.2, 0) is 51.6 Å². The molecule has 5 aliphatic rings. The molecule has 2 N–H and O–H groups in total. The van der Waals surface area contributed by atoms with E-state index in [1.54, 1.807) is 26.8 Å². The average Bonchev–Trinajstić information content (AvgIpc) is 4.02. The first-order chi connectivity index (χ1) is 25.5. The van der Waals surface area contributed by atoms with Gasteiger partial charge in [0.15, 0.2) is 0 Å². The van der Waals surface area contributed by atoms with E-state index in [-0.39, 0.29) is 45.3 Å². The molecule has 54 heavy (non-hydrogen) atoms. The van der Waals surface area contributed by atoms with Gasteiger partial charge < -0.3 is 24.6 Å². The predicted octanol–water partition coefficient (Wildman–Crippen LogP) is 4.45. The van der Waals surface area contributed by atoms with Gasteiger partial charge >= 0.3 is 12.1 Å². The number of ether oxygens (including phenoxy) is 2. The Kier molecular flexibility index (Phi) is 11.5. The molecular weight excluding hydrogens is 743 g/mol. The van der Waals surface area contributed by atoms with E-state index in [1.165, 1.54) is 21.9 Å². The Hall–Kier alpha value is -3.94. The van der Waals surface area contributed by atoms with Crippen LogP contribution in [0.1, 0.15) is 96.1 Å². The lowest BCUT2D eigenvalue weighted by Crippen LogP contribution is -2.57. The molecule has 0 spiro atoms. The van der Waals surface area contributed by atoms with Crippen LogP contribution >= 0.6 is 11.6 Å². The van der Waals surface area contributed by atoms with Crippen LogP contribution in [0.2, 0.25) is 5.02 Å². The van der Waals surface area contributed by atoms with E-state index >= 15 is 0 Å². The van der Waals surface area contributed by atoms with Crippen LogP contribution < -0.4 is 10.0 Å². The second-order valence-corrected chi connectivity index (χ2v) is 18.4. The largest absolute Gasteiger partial charge is 0.460 e. The summed E-state index contributed by atoms with van der Waals surface area (Å²) in [5.74, 6) is -4.48. The first-order valence-electron chi connectivity index (χ1n) is 18.7. The van der Waals surface area contributed by atoms with E-state index in [2.05, 4.69) is 15.8 Å². The Morgan fingerprint density at radius 2 is 1.87 bits per heavy atom. The third-order valence-corrected chi connectivity index (χ3v) is 12.8. The molecule has 3 fully saturated rings. The molecule has 5 atom stereocenters. The Morgan fingerprint density at radius 3 is 2.59 bits per heavy atom. The third kappa shape index (κ3) is 9.12. The molecule has 0 radical (unpaired) electrons. The summed E-state index contributed by atoms with van der Waals surface area (Å²) in [7, 11) is -3.94. The molecular formula is C38H48ClFN4O9S. The zero-order valence-electron chi connectivity index (χ0n) is 30.8. The molecule has 2 aliphatic carbocycles. The maximum Gasteiger partial charge on any atom is 0.410 e. The topological polar surface area (TPSA) is 168 Å². The molecule has 294 valence electrons. The standard InChI is InChI=1S/C38H48ClFN4O9S/c1-37(2,3)53-32(45)18-23-10-8-6-4-5-7-9-11-24-20-38(24,35(48)42-54(50,51)26-12-13-26)41-33(46)31-19-25(21-44(31)34(23)47)52-36(49)43-17-16-27-28(22-43)29(39)14-15-30(27)40/h7,11,14-15,23-26,31H,4-6,8,10,12-13,16-22H2,1-3H3,(H,41,46)(H,42,48)/t9?,23-,24-,25-,31+,38-/m1/s1. The summed E-state index contributed by atoms with van der Waals surface area (Å²) in [6.07, 6.45) is 5.81. The van der Waals surface area contributed by atoms with Crippen molar-refractivity contribution in [2.24, 2.45) is 11.8 Å². The fourth-order valence-electron chi connectivity index (χ4n) is 7.49. The van der Waals surface area contributed by atoms with E-state index in [0.717, 1.165) is 12.8 Å². The number of halogens is 2. The van der Waals surface area contributed by atoms with Gasteiger partial charge in [-0.1, -0.05) is 24.4 Å². The van der Waals surface area contributed by atoms with Crippen molar-refractivity contribution in [2.75, 3.05) is 13.1 Å². The number of carbonyl (C=O) groups excluding carboxylic acids is 5. The summed E-state index contributed by atoms with van der Waals surface area (Å²) >= 11 is 6.34. The molecule has 1 aromatic rings. The summed E-state index contributed by atoms with van der Waals surface area (Å²) in [6, 6.07) is 1.49. The van der Waals surface area contributed by atoms with E-state index in [9.17, 15) is 36.8 Å². The number of sulfonamides is 1. The van der Waals surface area contributed by atoms with Crippen LogP contribution in [0.25, 0.3) is 0 Å². The molecule has 16 heteroatoms. The summed E-state index contributed by atoms with van der Waals surface area (Å²) in [6.45, 7) is 5.18. The maximum atomic E-state index is 14.5. The van der Waals surface area contributed by atoms with Gasteiger partial charge in [0, 0.05) is 29.8 Å². The van der Waals surface area contributed by atoms with Crippen LogP contribution in [0.5, 0.6) is 0 Å². The monoisotopic (exact) mass is 790 g/mol. The molecule has 13 nitrogen and oxygen atoms in total. The van der Waals surface area contributed by atoms with Crippen LogP contribution in [0.15, 0.2) is 30.0 Å². The first-order valence-corrected chi connectivity index (χ1v) is 20.6. The number of hydrogen-bond acceptors (Lipinski definition) is 9. The zero-order valence-corrected chi connectivity index (χ0v) is 32.4. The van der Waals surface area contributed by atoms with Gasteiger partial charge in [0.2, 0.25) is 21.8 Å². The molecule has 1 aromatic carbocycles. The highest BCUT2D eigenvalue weighted by atomic mass is 35.5. The Morgan fingerprint density at radius 1 is 1.11 bits per heavy atom. The SMILES string of the molecule is CC(C)(C)OC(=O)C[C@H]1CCCCCC=C=C[C@@H]2C[C@@]2(C(=O)NS(=O)(=O)C2CC2)NC(=O)[C@@H]2C[C@@H](OC(=O)N3CCc4c(F)ccc(Cl)c4C3)CN2C1=O. The van der Waals surface area contributed by atoms with Gasteiger partial charge in [-0.2, -0.15) is 0 Å². The van der Waals surface area contributed by atoms with Crippen molar-refractivity contribution in [3.8, 4) is 0 Å². The molecule has 3 aliphatic heterocycles. The lowest BCUT2D eigenvalue weighted by Gasteiger charge is -2.30. The second-order valence-electron chi connectivity index (χ2n) is 16.0. The molecule has 2 saturated carbocycles. The minimum absolute atomic E-state index is 0.00670. The Balaban J connectivity index is 1.26. The predicted molar refractivity (Wildman–Crippen MR) is 195 cm³/mol. The lowest BCUT2D eigenvalue weighted by atomic mass is 9.95. The van der Waals surface area contributed by atoms with Gasteiger partial charge in [-0.05, 0) is 101 Å². The van der Waals surface area contributed by atoms with E-state index in [4.69, 9.17) is 21.1 Å². The van der Waals surface area contributed by atoms with Crippen molar-refractivity contribution < 1.29 is 46.3 Å². The van der Waals surface area contributed by atoms with Gasteiger partial charge in [0.25, 0.3) is 5.91 Å². The molecule has 0 unspecified atom stereocenters. The van der Waals surface area contributed by atoms with Crippen molar-refractivity contribution in [2.45, 2.75) is 126 Å². The number of esters is 1. The van der Waals surface area contributed by atoms with E-state index in [0.29, 0.717) is 48.3 Å². The second kappa shape index (κ2) is 15.7. The summed E-state index contributed by atoms with van der Waals surface area (Å²) in [5, 5.41) is 2.43. The number of nitrogens with one attached hydrogen (secondary N) is 2. The van der Waals surface area contributed by atoms with Crippen molar-refractivity contribution in [3.63, 3.8) is 0 Å².